The van der Waals surface area contributed by atoms with Crippen LogP contribution in [0.3, 0.4) is 0 Å². The molecule has 2 rings (SSSR count). The summed E-state index contributed by atoms with van der Waals surface area (Å²) in [6.45, 7) is 4.43. The predicted molar refractivity (Wildman–Crippen MR) is 80.7 cm³/mol. The molecule has 0 fully saturated rings. The van der Waals surface area contributed by atoms with Crippen LogP contribution in [-0.2, 0) is 11.3 Å². The summed E-state index contributed by atoms with van der Waals surface area (Å²) in [5.74, 6) is -0.709. The number of nitrogens with one attached hydrogen (secondary N) is 1. The maximum absolute atomic E-state index is 11.1. The van der Waals surface area contributed by atoms with Crippen molar-refractivity contribution in [1.82, 2.24) is 5.32 Å². The number of thiophene rings is 2. The average Bonchev–Trinajstić information content (AvgIpc) is 2.98. The first-order valence-corrected chi connectivity index (χ1v) is 7.91. The van der Waals surface area contributed by atoms with Crippen molar-refractivity contribution >= 4 is 28.6 Å². The maximum Gasteiger partial charge on any atom is 0.320 e. The number of rotatable bonds is 6. The fraction of sp³-hybridized carbons (Fsp3) is 0.357. The summed E-state index contributed by atoms with van der Waals surface area (Å²) >= 11 is 3.38. The molecule has 0 aliphatic carbocycles. The molecule has 2 N–H and O–H groups in total. The van der Waals surface area contributed by atoms with E-state index in [1.165, 1.54) is 10.4 Å². The first-order chi connectivity index (χ1) is 9.08. The summed E-state index contributed by atoms with van der Waals surface area (Å²) in [4.78, 5) is 13.5. The molecular formula is C14H17NO2S2. The summed E-state index contributed by atoms with van der Waals surface area (Å²) in [5.41, 5.74) is 1.22. The number of carboxylic acid groups (broad SMARTS) is 1. The maximum atomic E-state index is 11.1. The molecule has 1 unspecified atom stereocenters. The Labute approximate surface area is 120 Å². The average molecular weight is 295 g/mol. The molecule has 0 saturated carbocycles. The van der Waals surface area contributed by atoms with Crippen molar-refractivity contribution in [2.24, 2.45) is 5.92 Å². The van der Waals surface area contributed by atoms with Gasteiger partial charge < -0.3 is 5.11 Å². The van der Waals surface area contributed by atoms with Crippen LogP contribution in [0.4, 0.5) is 0 Å². The molecule has 0 aliphatic rings. The summed E-state index contributed by atoms with van der Waals surface area (Å²) in [5, 5.41) is 16.4. The molecule has 3 nitrogen and oxygen atoms in total. The standard InChI is InChI=1S/C14H17NO2S2/c1-9(2)13(14(16)17)15-7-11-6-10(8-19-11)12-4-3-5-18-12/h3-6,8-9,13,15H,7H2,1-2H3,(H,16,17). The number of hydrogen-bond acceptors (Lipinski definition) is 4. The van der Waals surface area contributed by atoms with E-state index in [4.69, 9.17) is 5.11 Å². The highest BCUT2D eigenvalue weighted by Crippen LogP contribution is 2.29. The summed E-state index contributed by atoms with van der Waals surface area (Å²) in [7, 11) is 0. The van der Waals surface area contributed by atoms with Gasteiger partial charge in [0.25, 0.3) is 0 Å². The van der Waals surface area contributed by atoms with Gasteiger partial charge in [0.05, 0.1) is 0 Å². The molecule has 2 aromatic heterocycles. The van der Waals surface area contributed by atoms with Crippen LogP contribution < -0.4 is 5.32 Å². The van der Waals surface area contributed by atoms with Gasteiger partial charge in [-0.25, -0.2) is 0 Å². The van der Waals surface area contributed by atoms with Crippen molar-refractivity contribution in [1.29, 1.82) is 0 Å². The molecule has 0 bridgehead atoms. The zero-order chi connectivity index (χ0) is 13.8. The molecule has 2 heterocycles. The van der Waals surface area contributed by atoms with Crippen LogP contribution in [-0.4, -0.2) is 17.1 Å². The second-order valence-corrected chi connectivity index (χ2v) is 6.66. The number of carbonyl (C=O) groups is 1. The molecule has 19 heavy (non-hydrogen) atoms. The summed E-state index contributed by atoms with van der Waals surface area (Å²) in [6, 6.07) is 5.77. The SMILES string of the molecule is CC(C)C(NCc1cc(-c2cccs2)cs1)C(=O)O. The number of carboxylic acids is 1. The van der Waals surface area contributed by atoms with Gasteiger partial charge in [0.1, 0.15) is 6.04 Å². The third-order valence-corrected chi connectivity index (χ3v) is 4.74. The Kier molecular flexibility index (Phi) is 4.74. The fourth-order valence-electron chi connectivity index (χ4n) is 1.86. The quantitative estimate of drug-likeness (QED) is 0.854. The third-order valence-electron chi connectivity index (χ3n) is 2.89. The minimum Gasteiger partial charge on any atom is -0.480 e. The highest BCUT2D eigenvalue weighted by Gasteiger charge is 2.20. The van der Waals surface area contributed by atoms with Gasteiger partial charge in [0, 0.05) is 21.9 Å². The highest BCUT2D eigenvalue weighted by molar-refractivity contribution is 7.14. The lowest BCUT2D eigenvalue weighted by Gasteiger charge is -2.17. The van der Waals surface area contributed by atoms with E-state index in [1.807, 2.05) is 19.9 Å². The van der Waals surface area contributed by atoms with Crippen LogP contribution in [0.5, 0.6) is 0 Å². The second-order valence-electron chi connectivity index (χ2n) is 4.72. The minimum absolute atomic E-state index is 0.0780. The lowest BCUT2D eigenvalue weighted by atomic mass is 10.1. The molecular weight excluding hydrogens is 278 g/mol. The van der Waals surface area contributed by atoms with Gasteiger partial charge in [-0.05, 0) is 28.8 Å². The van der Waals surface area contributed by atoms with Crippen molar-refractivity contribution in [3.05, 3.63) is 33.8 Å². The Morgan fingerprint density at radius 2 is 2.21 bits per heavy atom. The van der Waals surface area contributed by atoms with Gasteiger partial charge >= 0.3 is 5.97 Å². The third kappa shape index (κ3) is 3.65. The first-order valence-electron chi connectivity index (χ1n) is 6.15. The van der Waals surface area contributed by atoms with Crippen LogP contribution >= 0.6 is 22.7 Å². The van der Waals surface area contributed by atoms with Crippen molar-refractivity contribution in [3.63, 3.8) is 0 Å². The first kappa shape index (κ1) is 14.2. The topological polar surface area (TPSA) is 49.3 Å². The van der Waals surface area contributed by atoms with E-state index >= 15 is 0 Å². The van der Waals surface area contributed by atoms with E-state index in [-0.39, 0.29) is 5.92 Å². The van der Waals surface area contributed by atoms with Gasteiger partial charge in [-0.2, -0.15) is 0 Å². The van der Waals surface area contributed by atoms with Crippen molar-refractivity contribution in [3.8, 4) is 10.4 Å². The fourth-order valence-corrected chi connectivity index (χ4v) is 3.49. The minimum atomic E-state index is -0.787. The molecule has 5 heteroatoms. The molecule has 0 amide bonds. The van der Waals surface area contributed by atoms with E-state index in [0.29, 0.717) is 6.54 Å². The molecule has 102 valence electrons. The van der Waals surface area contributed by atoms with Crippen molar-refractivity contribution in [2.45, 2.75) is 26.4 Å². The Balaban J connectivity index is 1.99. The lowest BCUT2D eigenvalue weighted by molar-refractivity contribution is -0.140. The largest absolute Gasteiger partial charge is 0.480 e. The van der Waals surface area contributed by atoms with Crippen molar-refractivity contribution in [2.75, 3.05) is 0 Å². The van der Waals surface area contributed by atoms with E-state index in [2.05, 4.69) is 28.2 Å². The Bertz CT molecular complexity index is 531. The number of hydrogen-bond donors (Lipinski definition) is 2. The molecule has 0 aromatic carbocycles. The molecule has 1 atom stereocenters. The van der Waals surface area contributed by atoms with E-state index < -0.39 is 12.0 Å². The van der Waals surface area contributed by atoms with Crippen LogP contribution in [0.15, 0.2) is 29.0 Å². The lowest BCUT2D eigenvalue weighted by Crippen LogP contribution is -2.40. The van der Waals surface area contributed by atoms with Gasteiger partial charge in [0.2, 0.25) is 0 Å². The molecule has 2 aromatic rings. The van der Waals surface area contributed by atoms with E-state index in [1.54, 1.807) is 22.7 Å². The van der Waals surface area contributed by atoms with E-state index in [9.17, 15) is 4.79 Å². The number of aliphatic carboxylic acids is 1. The Hall–Kier alpha value is -1.17. The van der Waals surface area contributed by atoms with Gasteiger partial charge in [0.15, 0.2) is 0 Å². The van der Waals surface area contributed by atoms with Crippen LogP contribution in [0, 0.1) is 5.92 Å². The Morgan fingerprint density at radius 1 is 1.42 bits per heavy atom. The van der Waals surface area contributed by atoms with E-state index in [0.717, 1.165) is 4.88 Å². The van der Waals surface area contributed by atoms with Crippen molar-refractivity contribution < 1.29 is 9.90 Å². The normalized spacial score (nSPS) is 12.8. The predicted octanol–water partition coefficient (Wildman–Crippen LogP) is 3.68. The van der Waals surface area contributed by atoms with Gasteiger partial charge in [-0.1, -0.05) is 19.9 Å². The highest BCUT2D eigenvalue weighted by atomic mass is 32.1. The van der Waals surface area contributed by atoms with Gasteiger partial charge in [-0.3, -0.25) is 10.1 Å². The monoisotopic (exact) mass is 295 g/mol. The summed E-state index contributed by atoms with van der Waals surface area (Å²) in [6.07, 6.45) is 0. The zero-order valence-electron chi connectivity index (χ0n) is 10.9. The van der Waals surface area contributed by atoms with Crippen LogP contribution in [0.25, 0.3) is 10.4 Å². The Morgan fingerprint density at radius 3 is 2.79 bits per heavy atom. The summed E-state index contributed by atoms with van der Waals surface area (Å²) < 4.78 is 0. The zero-order valence-corrected chi connectivity index (χ0v) is 12.6. The molecule has 0 saturated heterocycles. The smallest absolute Gasteiger partial charge is 0.320 e. The molecule has 0 spiro atoms. The molecule has 0 radical (unpaired) electrons. The van der Waals surface area contributed by atoms with Gasteiger partial charge in [-0.15, -0.1) is 22.7 Å². The van der Waals surface area contributed by atoms with Crippen LogP contribution in [0.2, 0.25) is 0 Å². The van der Waals surface area contributed by atoms with Crippen LogP contribution in [0.1, 0.15) is 18.7 Å². The second kappa shape index (κ2) is 6.32. The molecule has 0 aliphatic heterocycles.